The molecule has 0 heterocycles. The van der Waals surface area contributed by atoms with E-state index in [1.54, 1.807) is 7.05 Å². The van der Waals surface area contributed by atoms with Gasteiger partial charge in [-0.1, -0.05) is 11.8 Å². The predicted octanol–water partition coefficient (Wildman–Crippen LogP) is 0.303. The van der Waals surface area contributed by atoms with Crippen LogP contribution in [0.1, 0.15) is 0 Å². The SMILES string of the molecule is C=C/N=N\N(C)N. The van der Waals surface area contributed by atoms with E-state index in [9.17, 15) is 0 Å². The molecule has 0 aliphatic heterocycles. The molecule has 0 bridgehead atoms. The van der Waals surface area contributed by atoms with Crippen LogP contribution in [0.3, 0.4) is 0 Å². The van der Waals surface area contributed by atoms with E-state index in [4.69, 9.17) is 5.84 Å². The zero-order chi connectivity index (χ0) is 5.70. The van der Waals surface area contributed by atoms with Gasteiger partial charge in [-0.2, -0.15) is 0 Å². The number of nitrogens with two attached hydrogens (primary N) is 1. The first kappa shape index (κ1) is 6.10. The summed E-state index contributed by atoms with van der Waals surface area (Å²) in [5.41, 5.74) is 0. The molecule has 0 atom stereocenters. The summed E-state index contributed by atoms with van der Waals surface area (Å²) in [6.07, 6.45) is 1.31. The van der Waals surface area contributed by atoms with E-state index in [0.717, 1.165) is 5.12 Å². The second-order valence-electron chi connectivity index (χ2n) is 0.961. The lowest BCUT2D eigenvalue weighted by Gasteiger charge is -1.96. The van der Waals surface area contributed by atoms with Crippen LogP contribution < -0.4 is 5.84 Å². The molecule has 0 amide bonds. The van der Waals surface area contributed by atoms with Crippen molar-refractivity contribution in [3.8, 4) is 0 Å². The molecule has 7 heavy (non-hydrogen) atoms. The van der Waals surface area contributed by atoms with Crippen molar-refractivity contribution in [1.82, 2.24) is 5.12 Å². The van der Waals surface area contributed by atoms with Crippen molar-refractivity contribution in [2.45, 2.75) is 0 Å². The topological polar surface area (TPSA) is 54.0 Å². The Labute approximate surface area is 42.3 Å². The first-order valence-corrected chi connectivity index (χ1v) is 1.77. The number of nitrogens with zero attached hydrogens (tertiary/aromatic N) is 3. The smallest absolute Gasteiger partial charge is 0.0441 e. The number of rotatable bonds is 2. The van der Waals surface area contributed by atoms with Gasteiger partial charge in [0.2, 0.25) is 0 Å². The largest absolute Gasteiger partial charge is 0.230 e. The molecule has 0 fully saturated rings. The highest BCUT2D eigenvalue weighted by molar-refractivity contribution is 4.55. The average molecular weight is 100 g/mol. The summed E-state index contributed by atoms with van der Waals surface area (Å²) in [5, 5.41) is 7.82. The standard InChI is InChI=1S/C3H8N4/c1-3-5-6-7(2)4/h3H,1,4H2,2H3/b6-5-. The maximum Gasteiger partial charge on any atom is 0.0441 e. The number of hydrogen-bond acceptors (Lipinski definition) is 3. The Morgan fingerprint density at radius 3 is 2.57 bits per heavy atom. The summed E-state index contributed by atoms with van der Waals surface area (Å²) in [4.78, 5) is 0. The van der Waals surface area contributed by atoms with Gasteiger partial charge in [-0.25, -0.2) is 11.0 Å². The molecule has 4 heteroatoms. The fourth-order valence-electron chi connectivity index (χ4n) is 0.118. The molecule has 0 aromatic carbocycles. The maximum absolute atomic E-state index is 5.00. The maximum atomic E-state index is 5.00. The molecule has 0 saturated heterocycles. The molecule has 0 radical (unpaired) electrons. The van der Waals surface area contributed by atoms with Gasteiger partial charge in [-0.3, -0.25) is 0 Å². The normalized spacial score (nSPS) is 9.43. The first-order chi connectivity index (χ1) is 3.27. The lowest BCUT2D eigenvalue weighted by molar-refractivity contribution is 0.346. The third-order valence-corrected chi connectivity index (χ3v) is 0.274. The lowest BCUT2D eigenvalue weighted by atomic mass is 11.1. The molecule has 0 aliphatic rings. The van der Waals surface area contributed by atoms with E-state index < -0.39 is 0 Å². The van der Waals surface area contributed by atoms with Gasteiger partial charge in [0.15, 0.2) is 0 Å². The van der Waals surface area contributed by atoms with Crippen molar-refractivity contribution < 1.29 is 0 Å². The highest BCUT2D eigenvalue weighted by Crippen LogP contribution is 1.73. The van der Waals surface area contributed by atoms with Crippen molar-refractivity contribution in [2.75, 3.05) is 7.05 Å². The van der Waals surface area contributed by atoms with Crippen LogP contribution in [-0.2, 0) is 0 Å². The molecule has 40 valence electrons. The van der Waals surface area contributed by atoms with Crippen LogP contribution in [0.4, 0.5) is 0 Å². The summed E-state index contributed by atoms with van der Waals surface area (Å²) in [6.45, 7) is 3.29. The lowest BCUT2D eigenvalue weighted by Crippen LogP contribution is -2.17. The summed E-state index contributed by atoms with van der Waals surface area (Å²) < 4.78 is 0. The van der Waals surface area contributed by atoms with Gasteiger partial charge in [0.25, 0.3) is 0 Å². The van der Waals surface area contributed by atoms with Crippen LogP contribution >= 0.6 is 0 Å². The quantitative estimate of drug-likeness (QED) is 0.308. The van der Waals surface area contributed by atoms with Crippen LogP contribution in [0.5, 0.6) is 0 Å². The van der Waals surface area contributed by atoms with Gasteiger partial charge in [-0.05, 0) is 0 Å². The molecule has 0 rings (SSSR count). The molecular formula is C3H8N4. The molecule has 0 saturated carbocycles. The van der Waals surface area contributed by atoms with Crippen LogP contribution in [0.25, 0.3) is 0 Å². The van der Waals surface area contributed by atoms with Gasteiger partial charge in [-0.15, -0.1) is 5.11 Å². The average Bonchev–Trinajstić information content (AvgIpc) is 1.61. The Balaban J connectivity index is 3.25. The van der Waals surface area contributed by atoms with E-state index >= 15 is 0 Å². The van der Waals surface area contributed by atoms with Crippen molar-refractivity contribution in [2.24, 2.45) is 16.2 Å². The summed E-state index contributed by atoms with van der Waals surface area (Å²) in [6, 6.07) is 0. The monoisotopic (exact) mass is 100 g/mol. The molecule has 4 nitrogen and oxygen atoms in total. The Morgan fingerprint density at radius 1 is 1.86 bits per heavy atom. The van der Waals surface area contributed by atoms with E-state index in [-0.39, 0.29) is 0 Å². The zero-order valence-electron chi connectivity index (χ0n) is 4.20. The van der Waals surface area contributed by atoms with Crippen molar-refractivity contribution in [3.63, 3.8) is 0 Å². The summed E-state index contributed by atoms with van der Waals surface area (Å²) >= 11 is 0. The molecule has 0 unspecified atom stereocenters. The van der Waals surface area contributed by atoms with Crippen molar-refractivity contribution in [1.29, 1.82) is 0 Å². The van der Waals surface area contributed by atoms with Crippen LogP contribution in [0.15, 0.2) is 23.1 Å². The summed E-state index contributed by atoms with van der Waals surface area (Å²) in [7, 11) is 1.58. The van der Waals surface area contributed by atoms with Crippen LogP contribution in [-0.4, -0.2) is 12.2 Å². The molecule has 0 aromatic heterocycles. The van der Waals surface area contributed by atoms with Gasteiger partial charge in [0, 0.05) is 13.2 Å². The van der Waals surface area contributed by atoms with Crippen LogP contribution in [0, 0.1) is 0 Å². The van der Waals surface area contributed by atoms with Gasteiger partial charge in [0.1, 0.15) is 0 Å². The van der Waals surface area contributed by atoms with Crippen LogP contribution in [0.2, 0.25) is 0 Å². The summed E-state index contributed by atoms with van der Waals surface area (Å²) in [5.74, 6) is 5.00. The van der Waals surface area contributed by atoms with Crippen molar-refractivity contribution in [3.05, 3.63) is 12.8 Å². The zero-order valence-corrected chi connectivity index (χ0v) is 4.20. The predicted molar refractivity (Wildman–Crippen MR) is 27.0 cm³/mol. The molecule has 0 aliphatic carbocycles. The molecule has 0 aromatic rings. The fraction of sp³-hybridized carbons (Fsp3) is 0.333. The third-order valence-electron chi connectivity index (χ3n) is 0.274. The highest BCUT2D eigenvalue weighted by atomic mass is 15.7. The van der Waals surface area contributed by atoms with Gasteiger partial charge >= 0.3 is 0 Å². The van der Waals surface area contributed by atoms with Gasteiger partial charge < -0.3 is 0 Å². The van der Waals surface area contributed by atoms with E-state index in [1.807, 2.05) is 0 Å². The Kier molecular flexibility index (Phi) is 2.87. The second kappa shape index (κ2) is 3.30. The Bertz CT molecular complexity index is 75.0. The minimum Gasteiger partial charge on any atom is -0.230 e. The third kappa shape index (κ3) is 5.10. The molecule has 2 N–H and O–H groups in total. The second-order valence-corrected chi connectivity index (χ2v) is 0.961. The fourth-order valence-corrected chi connectivity index (χ4v) is 0.118. The highest BCUT2D eigenvalue weighted by Gasteiger charge is 1.69. The van der Waals surface area contributed by atoms with Crippen molar-refractivity contribution >= 4 is 0 Å². The number of hydrogen-bond donors (Lipinski definition) is 1. The Morgan fingerprint density at radius 2 is 2.43 bits per heavy atom. The Hall–Kier alpha value is -0.900. The first-order valence-electron chi connectivity index (χ1n) is 1.77. The minimum absolute atomic E-state index is 1.10. The molecular weight excluding hydrogens is 92.1 g/mol. The number of hydrazine groups is 1. The van der Waals surface area contributed by atoms with E-state index in [1.165, 1.54) is 6.20 Å². The van der Waals surface area contributed by atoms with E-state index in [0.29, 0.717) is 0 Å². The minimum atomic E-state index is 1.10. The van der Waals surface area contributed by atoms with E-state index in [2.05, 4.69) is 16.9 Å². The molecule has 0 spiro atoms. The van der Waals surface area contributed by atoms with Gasteiger partial charge in [0.05, 0.1) is 0 Å².